The molecule has 1 aromatic carbocycles. The van der Waals surface area contributed by atoms with Gasteiger partial charge in [0.25, 0.3) is 5.91 Å². The quantitative estimate of drug-likeness (QED) is 0.849. The third-order valence-electron chi connectivity index (χ3n) is 5.51. The Morgan fingerprint density at radius 1 is 1.29 bits per heavy atom. The highest BCUT2D eigenvalue weighted by molar-refractivity contribution is 5.94. The Balaban J connectivity index is 1.63. The lowest BCUT2D eigenvalue weighted by atomic mass is 9.76. The minimum atomic E-state index is -0.978. The lowest BCUT2D eigenvalue weighted by Crippen LogP contribution is -2.44. The van der Waals surface area contributed by atoms with Crippen LogP contribution in [-0.2, 0) is 4.74 Å². The molecule has 6 heteroatoms. The number of methoxy groups -OCH3 is 1. The van der Waals surface area contributed by atoms with E-state index >= 15 is 0 Å². The van der Waals surface area contributed by atoms with E-state index in [4.69, 9.17) is 4.74 Å². The van der Waals surface area contributed by atoms with Crippen molar-refractivity contribution in [1.29, 1.82) is 0 Å². The van der Waals surface area contributed by atoms with Crippen LogP contribution in [-0.4, -0.2) is 62.1 Å². The first-order chi connectivity index (χ1) is 11.4. The Bertz CT molecular complexity index is 615. The van der Waals surface area contributed by atoms with Gasteiger partial charge in [-0.25, -0.2) is 8.78 Å². The summed E-state index contributed by atoms with van der Waals surface area (Å²) in [6, 6.07) is 3.78. The highest BCUT2D eigenvalue weighted by Crippen LogP contribution is 2.43. The number of ether oxygens (including phenoxy) is 1. The number of likely N-dealkylation sites (tertiary alicyclic amines) is 2. The standard InChI is InChI=1S/C18H24F2N2O2/c1-21-12-18(10-14(21)11-24-2)5-7-22(8-6-18)17(23)13-3-4-15(19)16(20)9-13/h3-4,9,14H,5-8,10-12H2,1-2H3/t14-/m0/s1. The monoisotopic (exact) mass is 338 g/mol. The zero-order valence-electron chi connectivity index (χ0n) is 14.2. The summed E-state index contributed by atoms with van der Waals surface area (Å²) in [7, 11) is 3.85. The fraction of sp³-hybridized carbons (Fsp3) is 0.611. The zero-order chi connectivity index (χ0) is 17.3. The molecule has 2 saturated heterocycles. The van der Waals surface area contributed by atoms with Gasteiger partial charge < -0.3 is 14.5 Å². The minimum Gasteiger partial charge on any atom is -0.383 e. The van der Waals surface area contributed by atoms with Gasteiger partial charge in [-0.15, -0.1) is 0 Å². The molecule has 2 heterocycles. The van der Waals surface area contributed by atoms with E-state index in [2.05, 4.69) is 11.9 Å². The van der Waals surface area contributed by atoms with Crippen LogP contribution in [0.25, 0.3) is 0 Å². The average molecular weight is 338 g/mol. The number of hydrogen-bond acceptors (Lipinski definition) is 3. The molecule has 1 spiro atoms. The molecule has 2 aliphatic rings. The van der Waals surface area contributed by atoms with Crippen molar-refractivity contribution in [1.82, 2.24) is 9.80 Å². The van der Waals surface area contributed by atoms with E-state index in [-0.39, 0.29) is 16.9 Å². The van der Waals surface area contributed by atoms with Gasteiger partial charge in [-0.1, -0.05) is 0 Å². The maximum Gasteiger partial charge on any atom is 0.253 e. The maximum atomic E-state index is 13.3. The third kappa shape index (κ3) is 3.30. The van der Waals surface area contributed by atoms with E-state index in [1.54, 1.807) is 12.0 Å². The lowest BCUT2D eigenvalue weighted by Gasteiger charge is -2.39. The molecule has 2 aliphatic heterocycles. The Morgan fingerprint density at radius 3 is 2.62 bits per heavy atom. The molecule has 2 fully saturated rings. The number of benzene rings is 1. The van der Waals surface area contributed by atoms with Crippen LogP contribution < -0.4 is 0 Å². The first-order valence-electron chi connectivity index (χ1n) is 8.38. The molecule has 0 radical (unpaired) electrons. The van der Waals surface area contributed by atoms with Gasteiger partial charge in [0.05, 0.1) is 6.61 Å². The van der Waals surface area contributed by atoms with Crippen LogP contribution in [0.2, 0.25) is 0 Å². The summed E-state index contributed by atoms with van der Waals surface area (Å²) < 4.78 is 31.7. The topological polar surface area (TPSA) is 32.8 Å². The summed E-state index contributed by atoms with van der Waals surface area (Å²) >= 11 is 0. The Morgan fingerprint density at radius 2 is 2.00 bits per heavy atom. The summed E-state index contributed by atoms with van der Waals surface area (Å²) in [5.74, 6) is -2.12. The van der Waals surface area contributed by atoms with Gasteiger partial charge in [-0.3, -0.25) is 4.79 Å². The van der Waals surface area contributed by atoms with Gasteiger partial charge in [0.2, 0.25) is 0 Å². The predicted octanol–water partition coefficient (Wildman–Crippen LogP) is 2.54. The maximum absolute atomic E-state index is 13.3. The summed E-state index contributed by atoms with van der Waals surface area (Å²) in [6.07, 6.45) is 2.96. The van der Waals surface area contributed by atoms with Crippen LogP contribution in [0.3, 0.4) is 0 Å². The van der Waals surface area contributed by atoms with Crippen LogP contribution in [0.5, 0.6) is 0 Å². The molecule has 0 N–H and O–H groups in total. The van der Waals surface area contributed by atoms with Gasteiger partial charge in [0, 0.05) is 38.3 Å². The van der Waals surface area contributed by atoms with Gasteiger partial charge in [0.15, 0.2) is 11.6 Å². The van der Waals surface area contributed by atoms with Crippen molar-refractivity contribution in [2.24, 2.45) is 5.41 Å². The van der Waals surface area contributed by atoms with E-state index in [9.17, 15) is 13.6 Å². The summed E-state index contributed by atoms with van der Waals surface area (Å²) in [4.78, 5) is 16.6. The fourth-order valence-electron chi connectivity index (χ4n) is 4.12. The number of halogens is 2. The Hall–Kier alpha value is -1.53. The second-order valence-electron chi connectivity index (χ2n) is 7.15. The number of likely N-dealkylation sites (N-methyl/N-ethyl adjacent to an activating group) is 1. The molecule has 3 rings (SSSR count). The van der Waals surface area contributed by atoms with Crippen molar-refractivity contribution < 1.29 is 18.3 Å². The van der Waals surface area contributed by atoms with Crippen molar-refractivity contribution in [3.05, 3.63) is 35.4 Å². The summed E-state index contributed by atoms with van der Waals surface area (Å²) in [6.45, 7) is 3.07. The van der Waals surface area contributed by atoms with Crippen LogP contribution in [0.4, 0.5) is 8.78 Å². The number of rotatable bonds is 3. The highest BCUT2D eigenvalue weighted by Gasteiger charge is 2.44. The first-order valence-corrected chi connectivity index (χ1v) is 8.38. The molecule has 0 aromatic heterocycles. The predicted molar refractivity (Wildman–Crippen MR) is 86.8 cm³/mol. The molecular weight excluding hydrogens is 314 g/mol. The summed E-state index contributed by atoms with van der Waals surface area (Å²) in [5, 5.41) is 0. The Labute approximate surface area is 141 Å². The van der Waals surface area contributed by atoms with Crippen LogP contribution in [0, 0.1) is 17.0 Å². The van der Waals surface area contributed by atoms with Crippen molar-refractivity contribution >= 4 is 5.91 Å². The second-order valence-corrected chi connectivity index (χ2v) is 7.15. The van der Waals surface area contributed by atoms with Gasteiger partial charge >= 0.3 is 0 Å². The van der Waals surface area contributed by atoms with Crippen molar-refractivity contribution in [3.63, 3.8) is 0 Å². The van der Waals surface area contributed by atoms with Crippen LogP contribution in [0.1, 0.15) is 29.6 Å². The average Bonchev–Trinajstić information content (AvgIpc) is 2.86. The van der Waals surface area contributed by atoms with Gasteiger partial charge in [-0.05, 0) is 49.9 Å². The second kappa shape index (κ2) is 6.76. The normalized spacial score (nSPS) is 23.8. The molecule has 0 aliphatic carbocycles. The minimum absolute atomic E-state index is 0.214. The van der Waals surface area contributed by atoms with E-state index < -0.39 is 11.6 Å². The third-order valence-corrected chi connectivity index (χ3v) is 5.51. The SMILES string of the molecule is COC[C@@H]1CC2(CCN(C(=O)c3ccc(F)c(F)c3)CC2)CN1C. The van der Waals surface area contributed by atoms with E-state index in [1.807, 2.05) is 0 Å². The number of hydrogen-bond donors (Lipinski definition) is 0. The van der Waals surface area contributed by atoms with E-state index in [0.717, 1.165) is 44.5 Å². The number of amides is 1. The van der Waals surface area contributed by atoms with Gasteiger partial charge in [-0.2, -0.15) is 0 Å². The molecule has 4 nitrogen and oxygen atoms in total. The fourth-order valence-corrected chi connectivity index (χ4v) is 4.12. The molecular formula is C18H24F2N2O2. The first kappa shape index (κ1) is 17.3. The molecule has 1 aromatic rings. The van der Waals surface area contributed by atoms with E-state index in [0.29, 0.717) is 19.1 Å². The van der Waals surface area contributed by atoms with Gasteiger partial charge in [0.1, 0.15) is 0 Å². The van der Waals surface area contributed by atoms with Crippen molar-refractivity contribution in [2.45, 2.75) is 25.3 Å². The molecule has 0 saturated carbocycles. The number of carbonyl (C=O) groups excluding carboxylic acids is 1. The lowest BCUT2D eigenvalue weighted by molar-refractivity contribution is 0.0591. The molecule has 1 amide bonds. The molecule has 24 heavy (non-hydrogen) atoms. The largest absolute Gasteiger partial charge is 0.383 e. The van der Waals surface area contributed by atoms with Crippen molar-refractivity contribution in [3.8, 4) is 0 Å². The number of piperidine rings is 1. The van der Waals surface area contributed by atoms with Crippen molar-refractivity contribution in [2.75, 3.05) is 40.4 Å². The molecule has 0 bridgehead atoms. The number of nitrogens with zero attached hydrogens (tertiary/aromatic N) is 2. The van der Waals surface area contributed by atoms with Crippen LogP contribution in [0.15, 0.2) is 18.2 Å². The molecule has 132 valence electrons. The van der Waals surface area contributed by atoms with Crippen LogP contribution >= 0.6 is 0 Å². The summed E-state index contributed by atoms with van der Waals surface area (Å²) in [5.41, 5.74) is 0.452. The Kier molecular flexibility index (Phi) is 4.88. The zero-order valence-corrected chi connectivity index (χ0v) is 14.2. The molecule has 0 unspecified atom stereocenters. The smallest absolute Gasteiger partial charge is 0.253 e. The highest BCUT2D eigenvalue weighted by atomic mass is 19.2. The molecule has 1 atom stereocenters. The number of carbonyl (C=O) groups is 1. The van der Waals surface area contributed by atoms with E-state index in [1.165, 1.54) is 6.07 Å².